The number of amides is 2. The number of nitrogens with one attached hydrogen (secondary N) is 2. The van der Waals surface area contributed by atoms with E-state index < -0.39 is 6.17 Å². The molecule has 0 aromatic rings. The second-order valence-corrected chi connectivity index (χ2v) is 8.09. The first-order valence-corrected chi connectivity index (χ1v) is 11.9. The van der Waals surface area contributed by atoms with Gasteiger partial charge < -0.3 is 39.1 Å². The van der Waals surface area contributed by atoms with E-state index in [0.717, 1.165) is 5.92 Å². The second-order valence-electron chi connectivity index (χ2n) is 8.09. The molecule has 0 aliphatic heterocycles. The molecular weight excluding hydrogens is 451 g/mol. The Balaban J connectivity index is 0. The van der Waals surface area contributed by atoms with Crippen molar-refractivity contribution in [2.24, 2.45) is 5.92 Å². The molecular formula is C23H47FN2O8. The highest BCUT2D eigenvalue weighted by molar-refractivity contribution is 5.77. The van der Waals surface area contributed by atoms with Crippen LogP contribution < -0.4 is 10.6 Å². The third-order valence-corrected chi connectivity index (χ3v) is 3.33. The summed E-state index contributed by atoms with van der Waals surface area (Å²) in [5.41, 5.74) is 0. The normalized spacial score (nSPS) is 11.8. The smallest absolute Gasteiger partial charge is 0.246 e. The fourth-order valence-corrected chi connectivity index (χ4v) is 1.88. The van der Waals surface area contributed by atoms with Gasteiger partial charge in [0.1, 0.15) is 12.8 Å². The number of hydrogen-bond donors (Lipinski definition) is 2. The van der Waals surface area contributed by atoms with Gasteiger partial charge in [0.15, 0.2) is 0 Å². The Morgan fingerprint density at radius 2 is 1.24 bits per heavy atom. The number of rotatable bonds is 23. The van der Waals surface area contributed by atoms with E-state index in [9.17, 15) is 14.0 Å². The van der Waals surface area contributed by atoms with Crippen LogP contribution in [0.25, 0.3) is 0 Å². The van der Waals surface area contributed by atoms with Crippen LogP contribution in [0.5, 0.6) is 0 Å². The molecule has 2 N–H and O–H groups in total. The van der Waals surface area contributed by atoms with Gasteiger partial charge in [-0.1, -0.05) is 20.8 Å². The maximum absolute atomic E-state index is 13.1. The van der Waals surface area contributed by atoms with Crippen molar-refractivity contribution in [3.05, 3.63) is 0 Å². The average Bonchev–Trinajstić information content (AvgIpc) is 2.77. The van der Waals surface area contributed by atoms with E-state index >= 15 is 0 Å². The van der Waals surface area contributed by atoms with Crippen LogP contribution in [0.2, 0.25) is 0 Å². The van der Waals surface area contributed by atoms with E-state index in [-0.39, 0.29) is 38.4 Å². The zero-order valence-electron chi connectivity index (χ0n) is 21.6. The molecule has 1 unspecified atom stereocenters. The third-order valence-electron chi connectivity index (χ3n) is 3.33. The van der Waals surface area contributed by atoms with Crippen molar-refractivity contribution in [3.8, 4) is 0 Å². The molecule has 10 nitrogen and oxygen atoms in total. The minimum atomic E-state index is -1.22. The largest absolute Gasteiger partial charge is 0.377 e. The zero-order valence-corrected chi connectivity index (χ0v) is 21.6. The summed E-state index contributed by atoms with van der Waals surface area (Å²) in [5.74, 6) is 0.675. The molecule has 0 aromatic carbocycles. The quantitative estimate of drug-likeness (QED) is 0.160. The van der Waals surface area contributed by atoms with Crippen molar-refractivity contribution in [1.29, 1.82) is 0 Å². The highest BCUT2D eigenvalue weighted by Crippen LogP contribution is 1.90. The molecule has 0 heterocycles. The van der Waals surface area contributed by atoms with E-state index in [2.05, 4.69) is 31.4 Å². The lowest BCUT2D eigenvalue weighted by atomic mass is 10.3. The van der Waals surface area contributed by atoms with Crippen molar-refractivity contribution in [1.82, 2.24) is 10.6 Å². The molecule has 0 aliphatic rings. The first-order chi connectivity index (χ1) is 16.3. The Kier molecular flexibility index (Phi) is 28.5. The summed E-state index contributed by atoms with van der Waals surface area (Å²) in [7, 11) is 0. The summed E-state index contributed by atoms with van der Waals surface area (Å²) in [4.78, 5) is 21.4. The predicted molar refractivity (Wildman–Crippen MR) is 128 cm³/mol. The molecule has 11 heteroatoms. The Hall–Kier alpha value is -1.37. The van der Waals surface area contributed by atoms with Gasteiger partial charge in [0, 0.05) is 6.54 Å². The maximum atomic E-state index is 13.1. The van der Waals surface area contributed by atoms with Gasteiger partial charge in [-0.05, 0) is 19.8 Å². The van der Waals surface area contributed by atoms with Crippen molar-refractivity contribution in [2.45, 2.75) is 46.9 Å². The molecule has 0 aliphatic carbocycles. The van der Waals surface area contributed by atoms with Crippen LogP contribution >= 0.6 is 0 Å². The van der Waals surface area contributed by atoms with Crippen molar-refractivity contribution < 1.29 is 42.4 Å². The molecule has 0 fully saturated rings. The van der Waals surface area contributed by atoms with Crippen LogP contribution in [0.3, 0.4) is 0 Å². The van der Waals surface area contributed by atoms with Gasteiger partial charge in [-0.15, -0.1) is 0 Å². The van der Waals surface area contributed by atoms with Crippen LogP contribution in [0.4, 0.5) is 4.39 Å². The lowest BCUT2D eigenvalue weighted by Crippen LogP contribution is -2.31. The van der Waals surface area contributed by atoms with Crippen LogP contribution in [0.15, 0.2) is 0 Å². The summed E-state index contributed by atoms with van der Waals surface area (Å²) in [6.07, 6.45) is -0.745. The predicted octanol–water partition coefficient (Wildman–Crippen LogP) is 1.36. The Bertz CT molecular complexity index is 442. The number of alkyl halides is 1. The van der Waals surface area contributed by atoms with E-state index in [1.807, 2.05) is 13.8 Å². The van der Waals surface area contributed by atoms with Crippen molar-refractivity contribution in [2.75, 3.05) is 85.8 Å². The molecule has 0 spiro atoms. The molecule has 0 bridgehead atoms. The molecule has 0 radical (unpaired) electrons. The van der Waals surface area contributed by atoms with Crippen LogP contribution in [-0.4, -0.2) is 110 Å². The molecule has 1 atom stereocenters. The Morgan fingerprint density at radius 1 is 0.794 bits per heavy atom. The van der Waals surface area contributed by atoms with E-state index in [1.165, 1.54) is 0 Å². The van der Waals surface area contributed by atoms with E-state index in [4.69, 9.17) is 28.4 Å². The number of ether oxygens (including phenoxy) is 6. The summed E-state index contributed by atoms with van der Waals surface area (Å²) >= 11 is 0. The topological polar surface area (TPSA) is 114 Å². The second kappa shape index (κ2) is 27.9. The number of carbonyl (C=O) groups is 2. The molecule has 0 saturated heterocycles. The average molecular weight is 499 g/mol. The first kappa shape index (κ1) is 34.8. The molecule has 34 heavy (non-hydrogen) atoms. The monoisotopic (exact) mass is 498 g/mol. The van der Waals surface area contributed by atoms with Crippen LogP contribution in [-0.2, 0) is 38.0 Å². The molecule has 0 rings (SSSR count). The van der Waals surface area contributed by atoms with Gasteiger partial charge in [-0.2, -0.15) is 0 Å². The molecule has 204 valence electrons. The van der Waals surface area contributed by atoms with Gasteiger partial charge >= 0.3 is 0 Å². The Labute approximate surface area is 204 Å². The standard InChI is InChI=1S/C19H37FN2O8.C4H10/c1-17(2)30-15-19(24)22-3-4-25-5-6-26-7-8-27-9-10-28-11-12-29-14-18(20)13-21-16-23;1-4(2)3/h16-18H,3-15H2,1-2H3,(H,21,23)(H,22,24);4H,1-3H3. The highest BCUT2D eigenvalue weighted by atomic mass is 19.1. The van der Waals surface area contributed by atoms with Gasteiger partial charge in [0.25, 0.3) is 0 Å². The first-order valence-electron chi connectivity index (χ1n) is 11.9. The lowest BCUT2D eigenvalue weighted by Gasteiger charge is -2.10. The van der Waals surface area contributed by atoms with E-state index in [0.29, 0.717) is 65.8 Å². The van der Waals surface area contributed by atoms with Crippen molar-refractivity contribution in [3.63, 3.8) is 0 Å². The summed E-state index contributed by atoms with van der Waals surface area (Å²) in [5, 5.41) is 4.94. The fraction of sp³-hybridized carbons (Fsp3) is 0.913. The molecule has 2 amide bonds. The maximum Gasteiger partial charge on any atom is 0.246 e. The van der Waals surface area contributed by atoms with Crippen LogP contribution in [0.1, 0.15) is 34.6 Å². The van der Waals surface area contributed by atoms with Gasteiger partial charge in [0.05, 0.1) is 78.7 Å². The highest BCUT2D eigenvalue weighted by Gasteiger charge is 2.05. The minimum absolute atomic E-state index is 0.0289. The minimum Gasteiger partial charge on any atom is -0.377 e. The molecule has 0 aromatic heterocycles. The summed E-state index contributed by atoms with van der Waals surface area (Å²) < 4.78 is 44.7. The molecule has 0 saturated carbocycles. The lowest BCUT2D eigenvalue weighted by molar-refractivity contribution is -0.127. The zero-order chi connectivity index (χ0) is 25.9. The number of halogens is 1. The van der Waals surface area contributed by atoms with Gasteiger partial charge in [-0.25, -0.2) is 4.39 Å². The SMILES string of the molecule is CC(C)C.CC(C)OCC(=O)NCCOCCOCCOCCOCCOCC(F)CNC=O. The fourth-order valence-electron chi connectivity index (χ4n) is 1.88. The number of hydrogen-bond acceptors (Lipinski definition) is 8. The van der Waals surface area contributed by atoms with Crippen LogP contribution in [0, 0.1) is 5.92 Å². The summed E-state index contributed by atoms with van der Waals surface area (Å²) in [6.45, 7) is 14.2. The Morgan fingerprint density at radius 3 is 1.68 bits per heavy atom. The van der Waals surface area contributed by atoms with E-state index in [1.54, 1.807) is 0 Å². The van der Waals surface area contributed by atoms with Crippen molar-refractivity contribution >= 4 is 12.3 Å². The number of carbonyl (C=O) groups excluding carboxylic acids is 2. The third kappa shape index (κ3) is 35.2. The van der Waals surface area contributed by atoms with Gasteiger partial charge in [-0.3, -0.25) is 9.59 Å². The van der Waals surface area contributed by atoms with Gasteiger partial charge in [0.2, 0.25) is 12.3 Å². The summed E-state index contributed by atoms with van der Waals surface area (Å²) in [6, 6.07) is 0.